The zero-order valence-electron chi connectivity index (χ0n) is 7.42. The third-order valence-electron chi connectivity index (χ3n) is 1.68. The second kappa shape index (κ2) is 3.97. The van der Waals surface area contributed by atoms with E-state index in [1.807, 2.05) is 25.2 Å². The molecule has 66 valence electrons. The summed E-state index contributed by atoms with van der Waals surface area (Å²) in [6.45, 7) is 0.828. The van der Waals surface area contributed by atoms with Gasteiger partial charge in [-0.25, -0.2) is 0 Å². The fourth-order valence-corrected chi connectivity index (χ4v) is 1.10. The van der Waals surface area contributed by atoms with Gasteiger partial charge in [0.25, 0.3) is 0 Å². The smallest absolute Gasteiger partial charge is 0.141 e. The minimum atomic E-state index is 0.685. The Bertz CT molecular complexity index is 261. The maximum absolute atomic E-state index is 5.71. The molecule has 0 saturated carbocycles. The van der Waals surface area contributed by atoms with E-state index in [1.54, 1.807) is 7.11 Å². The molecule has 3 N–H and O–H groups in total. The lowest BCUT2D eigenvalue weighted by atomic mass is 10.2. The minimum absolute atomic E-state index is 0.685. The molecule has 1 rings (SSSR count). The van der Waals surface area contributed by atoms with E-state index in [0.29, 0.717) is 5.69 Å². The van der Waals surface area contributed by atoms with Crippen molar-refractivity contribution in [3.05, 3.63) is 23.8 Å². The van der Waals surface area contributed by atoms with Gasteiger partial charge in [0, 0.05) is 6.54 Å². The van der Waals surface area contributed by atoms with Gasteiger partial charge in [0.2, 0.25) is 0 Å². The molecule has 3 nitrogen and oxygen atoms in total. The van der Waals surface area contributed by atoms with Gasteiger partial charge in [-0.15, -0.1) is 0 Å². The lowest BCUT2D eigenvalue weighted by Crippen LogP contribution is -2.05. The molecule has 0 aliphatic heterocycles. The third-order valence-corrected chi connectivity index (χ3v) is 1.68. The predicted molar refractivity (Wildman–Crippen MR) is 50.2 cm³/mol. The molecular formula is C9H14N2O. The molecule has 0 aliphatic carbocycles. The lowest BCUT2D eigenvalue weighted by molar-refractivity contribution is 0.417. The average Bonchev–Trinajstić information content (AvgIpc) is 2.05. The fourth-order valence-electron chi connectivity index (χ4n) is 1.10. The first-order chi connectivity index (χ1) is 5.77. The number of nitrogen functional groups attached to an aromatic ring is 1. The van der Waals surface area contributed by atoms with E-state index in [2.05, 4.69) is 5.32 Å². The molecule has 0 saturated heterocycles. The van der Waals surface area contributed by atoms with E-state index in [0.717, 1.165) is 17.9 Å². The van der Waals surface area contributed by atoms with Crippen LogP contribution < -0.4 is 15.8 Å². The zero-order valence-corrected chi connectivity index (χ0v) is 7.42. The lowest BCUT2D eigenvalue weighted by Gasteiger charge is -2.06. The second-order valence-corrected chi connectivity index (χ2v) is 2.61. The van der Waals surface area contributed by atoms with Gasteiger partial charge in [-0.2, -0.15) is 0 Å². The van der Waals surface area contributed by atoms with Crippen LogP contribution in [0.1, 0.15) is 5.56 Å². The standard InChI is InChI=1S/C9H14N2O/c1-11-6-7-3-4-9(12-2)8(10)5-7/h3-5,11H,6,10H2,1-2H3. The summed E-state index contributed by atoms with van der Waals surface area (Å²) >= 11 is 0. The van der Waals surface area contributed by atoms with E-state index in [9.17, 15) is 0 Å². The molecule has 0 spiro atoms. The van der Waals surface area contributed by atoms with Gasteiger partial charge in [-0.05, 0) is 24.7 Å². The van der Waals surface area contributed by atoms with Crippen molar-refractivity contribution in [3.63, 3.8) is 0 Å². The van der Waals surface area contributed by atoms with Crippen molar-refractivity contribution in [2.75, 3.05) is 19.9 Å². The van der Waals surface area contributed by atoms with Gasteiger partial charge in [0.05, 0.1) is 12.8 Å². The Kier molecular flexibility index (Phi) is 2.94. The molecule has 0 unspecified atom stereocenters. The highest BCUT2D eigenvalue weighted by atomic mass is 16.5. The fraction of sp³-hybridized carbons (Fsp3) is 0.333. The number of hydrogen-bond donors (Lipinski definition) is 2. The van der Waals surface area contributed by atoms with Crippen molar-refractivity contribution in [1.82, 2.24) is 5.32 Å². The highest BCUT2D eigenvalue weighted by molar-refractivity contribution is 5.54. The van der Waals surface area contributed by atoms with Crippen LogP contribution >= 0.6 is 0 Å². The van der Waals surface area contributed by atoms with Gasteiger partial charge >= 0.3 is 0 Å². The van der Waals surface area contributed by atoms with E-state index in [4.69, 9.17) is 10.5 Å². The molecule has 0 radical (unpaired) electrons. The summed E-state index contributed by atoms with van der Waals surface area (Å²) in [7, 11) is 3.52. The summed E-state index contributed by atoms with van der Waals surface area (Å²) in [5.41, 5.74) is 7.56. The van der Waals surface area contributed by atoms with E-state index < -0.39 is 0 Å². The number of ether oxygens (including phenoxy) is 1. The van der Waals surface area contributed by atoms with Gasteiger partial charge in [0.15, 0.2) is 0 Å². The number of rotatable bonds is 3. The molecule has 0 bridgehead atoms. The summed E-state index contributed by atoms with van der Waals surface area (Å²) in [5.74, 6) is 0.731. The number of methoxy groups -OCH3 is 1. The van der Waals surface area contributed by atoms with Crippen molar-refractivity contribution in [1.29, 1.82) is 0 Å². The van der Waals surface area contributed by atoms with Crippen molar-refractivity contribution >= 4 is 5.69 Å². The number of benzene rings is 1. The molecule has 3 heteroatoms. The van der Waals surface area contributed by atoms with Crippen molar-refractivity contribution in [3.8, 4) is 5.75 Å². The number of hydrogen-bond acceptors (Lipinski definition) is 3. The minimum Gasteiger partial charge on any atom is -0.495 e. The van der Waals surface area contributed by atoms with Gasteiger partial charge < -0.3 is 15.8 Å². The van der Waals surface area contributed by atoms with E-state index in [1.165, 1.54) is 0 Å². The van der Waals surface area contributed by atoms with Crippen LogP contribution in [0.5, 0.6) is 5.75 Å². The Hall–Kier alpha value is -1.22. The SMILES string of the molecule is CNCc1ccc(OC)c(N)c1. The molecule has 1 aromatic carbocycles. The van der Waals surface area contributed by atoms with E-state index in [-0.39, 0.29) is 0 Å². The molecule has 0 aliphatic rings. The summed E-state index contributed by atoms with van der Waals surface area (Å²) in [5, 5.41) is 3.05. The highest BCUT2D eigenvalue weighted by Gasteiger charge is 1.98. The van der Waals surface area contributed by atoms with Crippen LogP contribution in [-0.4, -0.2) is 14.2 Å². The van der Waals surface area contributed by atoms with Crippen LogP contribution in [0.4, 0.5) is 5.69 Å². The molecule has 0 amide bonds. The summed E-state index contributed by atoms with van der Waals surface area (Å²) in [4.78, 5) is 0. The quantitative estimate of drug-likeness (QED) is 0.658. The van der Waals surface area contributed by atoms with Gasteiger partial charge in [0.1, 0.15) is 5.75 Å². The van der Waals surface area contributed by atoms with Crippen LogP contribution in [0.25, 0.3) is 0 Å². The first kappa shape index (κ1) is 8.87. The molecule has 0 heterocycles. The average molecular weight is 166 g/mol. The van der Waals surface area contributed by atoms with Crippen LogP contribution in [0.15, 0.2) is 18.2 Å². The summed E-state index contributed by atoms with van der Waals surface area (Å²) in [6.07, 6.45) is 0. The Morgan fingerprint density at radius 2 is 2.25 bits per heavy atom. The number of anilines is 1. The van der Waals surface area contributed by atoms with Crippen molar-refractivity contribution < 1.29 is 4.74 Å². The first-order valence-corrected chi connectivity index (χ1v) is 3.85. The molecule has 0 fully saturated rings. The van der Waals surface area contributed by atoms with Crippen LogP contribution in [0.3, 0.4) is 0 Å². The largest absolute Gasteiger partial charge is 0.495 e. The maximum atomic E-state index is 5.71. The van der Waals surface area contributed by atoms with Crippen molar-refractivity contribution in [2.24, 2.45) is 0 Å². The zero-order chi connectivity index (χ0) is 8.97. The van der Waals surface area contributed by atoms with Crippen LogP contribution in [0, 0.1) is 0 Å². The topological polar surface area (TPSA) is 47.3 Å². The Labute approximate surface area is 72.5 Å². The molecule has 1 aromatic rings. The highest BCUT2D eigenvalue weighted by Crippen LogP contribution is 2.21. The monoisotopic (exact) mass is 166 g/mol. The summed E-state index contributed by atoms with van der Waals surface area (Å²) < 4.78 is 5.03. The molecule has 12 heavy (non-hydrogen) atoms. The van der Waals surface area contributed by atoms with Gasteiger partial charge in [-0.1, -0.05) is 6.07 Å². The van der Waals surface area contributed by atoms with Crippen LogP contribution in [-0.2, 0) is 6.54 Å². The maximum Gasteiger partial charge on any atom is 0.141 e. The third kappa shape index (κ3) is 1.89. The normalized spacial score (nSPS) is 9.83. The van der Waals surface area contributed by atoms with Crippen LogP contribution in [0.2, 0.25) is 0 Å². The Balaban J connectivity index is 2.86. The second-order valence-electron chi connectivity index (χ2n) is 2.61. The summed E-state index contributed by atoms with van der Waals surface area (Å²) in [6, 6.07) is 5.78. The van der Waals surface area contributed by atoms with Gasteiger partial charge in [-0.3, -0.25) is 0 Å². The first-order valence-electron chi connectivity index (χ1n) is 3.85. The van der Waals surface area contributed by atoms with E-state index >= 15 is 0 Å². The Morgan fingerprint density at radius 1 is 1.50 bits per heavy atom. The van der Waals surface area contributed by atoms with Crippen molar-refractivity contribution in [2.45, 2.75) is 6.54 Å². The molecule has 0 atom stereocenters. The molecule has 0 aromatic heterocycles. The predicted octanol–water partition coefficient (Wildman–Crippen LogP) is 0.997. The number of nitrogens with one attached hydrogen (secondary N) is 1. The Morgan fingerprint density at radius 3 is 2.75 bits per heavy atom. The molecular weight excluding hydrogens is 152 g/mol. The number of nitrogens with two attached hydrogens (primary N) is 1.